The first-order valence-corrected chi connectivity index (χ1v) is 11.9. The van der Waals surface area contributed by atoms with Gasteiger partial charge in [-0.1, -0.05) is 12.1 Å². The van der Waals surface area contributed by atoms with E-state index in [-0.39, 0.29) is 24.2 Å². The predicted octanol–water partition coefficient (Wildman–Crippen LogP) is 2.30. The Morgan fingerprint density at radius 1 is 1.26 bits per heavy atom. The van der Waals surface area contributed by atoms with Crippen molar-refractivity contribution in [2.45, 2.75) is 70.9 Å². The number of hydrogen-bond donors (Lipinski definition) is 4. The molecule has 1 aliphatic heterocycles. The SMILES string of the molecule is COC(=O)OC[C@H]1O[C@@H](OC(=N/I)/C(Cc2ccc(C)c(F)c2)=C(/C)NC(C)C)[C@H](O)C(O)[C@@H]1O. The number of aliphatic hydroxyl groups excluding tert-OH is 3. The Kier molecular flexibility index (Phi) is 11.1. The molecule has 1 heterocycles. The van der Waals surface area contributed by atoms with E-state index in [0.29, 0.717) is 22.4 Å². The largest absolute Gasteiger partial charge is 0.508 e. The summed E-state index contributed by atoms with van der Waals surface area (Å²) in [6.45, 7) is 6.94. The Bertz CT molecular complexity index is 942. The van der Waals surface area contributed by atoms with Crippen LogP contribution in [0.15, 0.2) is 32.7 Å². The Morgan fingerprint density at radius 2 is 1.94 bits per heavy atom. The maximum absolute atomic E-state index is 14.2. The summed E-state index contributed by atoms with van der Waals surface area (Å²) in [7, 11) is 1.12. The highest BCUT2D eigenvalue weighted by atomic mass is 127. The molecule has 0 aromatic heterocycles. The van der Waals surface area contributed by atoms with Crippen molar-refractivity contribution in [3.05, 3.63) is 46.4 Å². The van der Waals surface area contributed by atoms with E-state index in [1.165, 1.54) is 6.07 Å². The number of methoxy groups -OCH3 is 1. The summed E-state index contributed by atoms with van der Waals surface area (Å²) in [5.41, 5.74) is 2.45. The van der Waals surface area contributed by atoms with Gasteiger partial charge in [0.2, 0.25) is 12.2 Å². The number of aliphatic hydroxyl groups is 3. The molecule has 1 aliphatic rings. The fourth-order valence-corrected chi connectivity index (χ4v) is 3.86. The summed E-state index contributed by atoms with van der Waals surface area (Å²) in [6, 6.07) is 4.96. The zero-order chi connectivity index (χ0) is 26.3. The topological polar surface area (TPSA) is 139 Å². The first kappa shape index (κ1) is 29.2. The highest BCUT2D eigenvalue weighted by Gasteiger charge is 2.46. The average Bonchev–Trinajstić information content (AvgIpc) is 2.81. The Morgan fingerprint density at radius 3 is 2.51 bits per heavy atom. The number of ether oxygens (including phenoxy) is 4. The van der Waals surface area contributed by atoms with Crippen LogP contribution in [0.5, 0.6) is 0 Å². The lowest BCUT2D eigenvalue weighted by Gasteiger charge is -2.40. The quantitative estimate of drug-likeness (QED) is 0.151. The first-order valence-electron chi connectivity index (χ1n) is 11.0. The second-order valence-electron chi connectivity index (χ2n) is 8.45. The molecule has 0 radical (unpaired) electrons. The van der Waals surface area contributed by atoms with Crippen LogP contribution in [0.1, 0.15) is 31.9 Å². The number of nitrogens with one attached hydrogen (secondary N) is 1. The van der Waals surface area contributed by atoms with Crippen LogP contribution in [0, 0.1) is 12.7 Å². The van der Waals surface area contributed by atoms with Crippen molar-refractivity contribution in [1.82, 2.24) is 5.32 Å². The minimum absolute atomic E-state index is 0.0671. The molecule has 1 unspecified atom stereocenters. The molecule has 12 heteroatoms. The molecule has 1 aromatic carbocycles. The standard InChI is InChI=1S/C23H32FIN2O8/c1-11(2)26-13(4)15(8-14-7-6-12(3)16(24)9-14)21(27-25)35-22-20(30)19(29)18(28)17(34-22)10-33-23(31)32-5/h6-7,9,11,17-20,22,26,28-30H,8,10H2,1-5H3/b15-13-,27-21+/t17-,18-,19?,20-,22+/m1/s1. The highest BCUT2D eigenvalue weighted by molar-refractivity contribution is 14.1. The number of benzene rings is 1. The smallest absolute Gasteiger partial charge is 0.444 e. The van der Waals surface area contributed by atoms with Gasteiger partial charge >= 0.3 is 6.16 Å². The lowest BCUT2D eigenvalue weighted by molar-refractivity contribution is -0.281. The number of allylic oxidation sites excluding steroid dienone is 1. The van der Waals surface area contributed by atoms with Crippen molar-refractivity contribution in [2.75, 3.05) is 13.7 Å². The lowest BCUT2D eigenvalue weighted by atomic mass is 9.99. The molecule has 0 bridgehead atoms. The number of aryl methyl sites for hydroxylation is 1. The zero-order valence-corrected chi connectivity index (χ0v) is 22.4. The fraction of sp³-hybridized carbons (Fsp3) is 0.565. The summed E-state index contributed by atoms with van der Waals surface area (Å²) in [5, 5.41) is 34.3. The van der Waals surface area contributed by atoms with Gasteiger partial charge in [-0.3, -0.25) is 0 Å². The molecule has 5 atom stereocenters. The zero-order valence-electron chi connectivity index (χ0n) is 20.2. The second kappa shape index (κ2) is 13.3. The van der Waals surface area contributed by atoms with Crippen LogP contribution in [0.3, 0.4) is 0 Å². The number of hydrogen-bond acceptors (Lipinski definition) is 10. The van der Waals surface area contributed by atoms with Crippen molar-refractivity contribution in [3.63, 3.8) is 0 Å². The van der Waals surface area contributed by atoms with Gasteiger partial charge in [-0.25, -0.2) is 9.18 Å². The van der Waals surface area contributed by atoms with E-state index in [1.54, 1.807) is 41.9 Å². The average molecular weight is 610 g/mol. The van der Waals surface area contributed by atoms with Gasteiger partial charge in [0.1, 0.15) is 36.8 Å². The molecule has 1 fully saturated rings. The van der Waals surface area contributed by atoms with Crippen LogP contribution >= 0.6 is 22.9 Å². The van der Waals surface area contributed by atoms with E-state index >= 15 is 0 Å². The number of halogens is 2. The van der Waals surface area contributed by atoms with E-state index < -0.39 is 43.5 Å². The van der Waals surface area contributed by atoms with Crippen LogP contribution in [-0.4, -0.2) is 77.8 Å². The van der Waals surface area contributed by atoms with Crippen molar-refractivity contribution >= 4 is 34.9 Å². The first-order chi connectivity index (χ1) is 16.5. The molecular weight excluding hydrogens is 578 g/mol. The summed E-state index contributed by atoms with van der Waals surface area (Å²) in [4.78, 5) is 11.3. The van der Waals surface area contributed by atoms with Gasteiger partial charge in [-0.05, 0) is 44.9 Å². The van der Waals surface area contributed by atoms with Gasteiger partial charge in [-0.15, -0.1) is 0 Å². The van der Waals surface area contributed by atoms with Gasteiger partial charge in [0.15, 0.2) is 0 Å². The van der Waals surface area contributed by atoms with Gasteiger partial charge in [0.25, 0.3) is 0 Å². The summed E-state index contributed by atoms with van der Waals surface area (Å²) in [6.07, 6.45) is -8.25. The molecular formula is C23H32FIN2O8. The van der Waals surface area contributed by atoms with Crippen LogP contribution in [0.2, 0.25) is 0 Å². The summed E-state index contributed by atoms with van der Waals surface area (Å²) < 4.78 is 39.0. The van der Waals surface area contributed by atoms with Crippen molar-refractivity contribution in [2.24, 2.45) is 3.21 Å². The number of carbonyl (C=O) groups excluding carboxylic acids is 1. The normalized spacial score (nSPS) is 25.7. The molecule has 10 nitrogen and oxygen atoms in total. The molecule has 35 heavy (non-hydrogen) atoms. The Balaban J connectivity index is 2.32. The second-order valence-corrected chi connectivity index (χ2v) is 8.93. The third-order valence-corrected chi connectivity index (χ3v) is 5.78. The maximum Gasteiger partial charge on any atom is 0.508 e. The van der Waals surface area contributed by atoms with Crippen molar-refractivity contribution < 1.29 is 43.5 Å². The minimum atomic E-state index is -1.65. The molecule has 0 saturated carbocycles. The molecule has 0 spiro atoms. The summed E-state index contributed by atoms with van der Waals surface area (Å²) in [5.74, 6) is -0.278. The summed E-state index contributed by atoms with van der Waals surface area (Å²) >= 11 is 1.73. The Hall–Kier alpha value is -2.00. The highest BCUT2D eigenvalue weighted by Crippen LogP contribution is 2.26. The molecule has 1 aromatic rings. The van der Waals surface area contributed by atoms with Crippen LogP contribution < -0.4 is 5.32 Å². The van der Waals surface area contributed by atoms with Gasteiger partial charge in [0.05, 0.1) is 30.0 Å². The van der Waals surface area contributed by atoms with Crippen LogP contribution in [0.4, 0.5) is 9.18 Å². The molecule has 0 amide bonds. The van der Waals surface area contributed by atoms with Crippen molar-refractivity contribution in [1.29, 1.82) is 0 Å². The molecule has 1 saturated heterocycles. The van der Waals surface area contributed by atoms with E-state index in [9.17, 15) is 24.5 Å². The van der Waals surface area contributed by atoms with E-state index in [4.69, 9.17) is 14.2 Å². The third kappa shape index (κ3) is 8.00. The Labute approximate surface area is 217 Å². The van der Waals surface area contributed by atoms with Crippen LogP contribution in [0.25, 0.3) is 0 Å². The lowest BCUT2D eigenvalue weighted by Crippen LogP contribution is -2.59. The van der Waals surface area contributed by atoms with E-state index in [1.807, 2.05) is 20.8 Å². The van der Waals surface area contributed by atoms with Gasteiger partial charge in [-0.2, -0.15) is 3.21 Å². The van der Waals surface area contributed by atoms with E-state index in [2.05, 4.69) is 13.3 Å². The monoisotopic (exact) mass is 610 g/mol. The minimum Gasteiger partial charge on any atom is -0.444 e. The predicted molar refractivity (Wildman–Crippen MR) is 133 cm³/mol. The van der Waals surface area contributed by atoms with Crippen molar-refractivity contribution in [3.8, 4) is 0 Å². The number of nitrogens with zero attached hydrogens (tertiary/aromatic N) is 1. The van der Waals surface area contributed by atoms with Gasteiger partial charge < -0.3 is 39.6 Å². The molecule has 4 N–H and O–H groups in total. The molecule has 0 aliphatic carbocycles. The molecule has 2 rings (SSSR count). The van der Waals surface area contributed by atoms with Gasteiger partial charge in [0, 0.05) is 23.7 Å². The van der Waals surface area contributed by atoms with E-state index in [0.717, 1.165) is 7.11 Å². The molecule has 196 valence electrons. The maximum atomic E-state index is 14.2. The number of carbonyl (C=O) groups is 1. The third-order valence-electron chi connectivity index (χ3n) is 5.34. The van der Waals surface area contributed by atoms with Crippen LogP contribution in [-0.2, 0) is 25.4 Å². The number of rotatable bonds is 8. The fourth-order valence-electron chi connectivity index (χ4n) is 3.45.